The molecule has 0 aliphatic rings. The number of benzene rings is 1. The summed E-state index contributed by atoms with van der Waals surface area (Å²) in [6.07, 6.45) is 0.874. The Morgan fingerprint density at radius 2 is 2.15 bits per heavy atom. The average molecular weight is 285 g/mol. The summed E-state index contributed by atoms with van der Waals surface area (Å²) in [7, 11) is 0. The molecule has 0 aliphatic carbocycles. The van der Waals surface area contributed by atoms with E-state index in [-0.39, 0.29) is 24.1 Å². The summed E-state index contributed by atoms with van der Waals surface area (Å²) in [5.41, 5.74) is 4.10. The molecular weight excluding hydrogens is 264 g/mol. The van der Waals surface area contributed by atoms with Crippen LogP contribution in [-0.2, 0) is 5.60 Å². The first-order chi connectivity index (χ1) is 9.26. The van der Waals surface area contributed by atoms with Gasteiger partial charge in [0.15, 0.2) is 5.96 Å². The summed E-state index contributed by atoms with van der Waals surface area (Å²) in [6.45, 7) is 5.23. The maximum Gasteiger partial charge on any atom is 0.188 e. The van der Waals surface area contributed by atoms with Crippen molar-refractivity contribution < 1.29 is 13.9 Å². The van der Waals surface area contributed by atoms with E-state index in [1.807, 2.05) is 13.8 Å². The summed E-state index contributed by atoms with van der Waals surface area (Å²) in [5.74, 6) is -1.32. The van der Waals surface area contributed by atoms with Crippen molar-refractivity contribution in [3.8, 4) is 0 Å². The second kappa shape index (κ2) is 6.65. The van der Waals surface area contributed by atoms with Gasteiger partial charge in [0, 0.05) is 17.7 Å². The highest BCUT2D eigenvalue weighted by Crippen LogP contribution is 2.24. The van der Waals surface area contributed by atoms with E-state index < -0.39 is 17.2 Å². The number of nitrogens with two attached hydrogens (primary N) is 1. The summed E-state index contributed by atoms with van der Waals surface area (Å²) in [6, 6.07) is 3.19. The second-order valence-electron chi connectivity index (χ2n) is 5.05. The monoisotopic (exact) mass is 285 g/mol. The van der Waals surface area contributed by atoms with E-state index in [1.165, 1.54) is 13.0 Å². The zero-order chi connectivity index (χ0) is 15.3. The average Bonchev–Trinajstić information content (AvgIpc) is 2.36. The fourth-order valence-electron chi connectivity index (χ4n) is 1.65. The topological polar surface area (TPSA) is 70.6 Å². The zero-order valence-electron chi connectivity index (χ0n) is 12.0. The molecule has 20 heavy (non-hydrogen) atoms. The van der Waals surface area contributed by atoms with E-state index in [2.05, 4.69) is 10.3 Å². The van der Waals surface area contributed by atoms with Gasteiger partial charge in [-0.25, -0.2) is 8.78 Å². The van der Waals surface area contributed by atoms with Gasteiger partial charge in [0.1, 0.15) is 17.2 Å². The van der Waals surface area contributed by atoms with E-state index in [0.717, 1.165) is 18.6 Å². The van der Waals surface area contributed by atoms with Crippen LogP contribution in [0.1, 0.15) is 32.8 Å². The van der Waals surface area contributed by atoms with Crippen molar-refractivity contribution in [3.63, 3.8) is 0 Å². The minimum Gasteiger partial charge on any atom is -0.383 e. The lowest BCUT2D eigenvalue weighted by molar-refractivity contribution is 0.0633. The fourth-order valence-corrected chi connectivity index (χ4v) is 1.65. The quantitative estimate of drug-likeness (QED) is 0.571. The van der Waals surface area contributed by atoms with Gasteiger partial charge in [-0.15, -0.1) is 0 Å². The Labute approximate surface area is 117 Å². The maximum atomic E-state index is 13.6. The summed E-state index contributed by atoms with van der Waals surface area (Å²) in [5, 5.41) is 13.2. The van der Waals surface area contributed by atoms with Crippen LogP contribution in [0.3, 0.4) is 0 Å². The van der Waals surface area contributed by atoms with Crippen LogP contribution in [0.25, 0.3) is 0 Å². The van der Waals surface area contributed by atoms with E-state index >= 15 is 0 Å². The van der Waals surface area contributed by atoms with Crippen LogP contribution < -0.4 is 11.1 Å². The zero-order valence-corrected chi connectivity index (χ0v) is 12.0. The number of guanidine groups is 1. The van der Waals surface area contributed by atoms with E-state index in [1.54, 1.807) is 0 Å². The van der Waals surface area contributed by atoms with E-state index in [4.69, 9.17) is 5.73 Å². The van der Waals surface area contributed by atoms with Crippen LogP contribution in [-0.4, -0.2) is 23.7 Å². The van der Waals surface area contributed by atoms with Crippen LogP contribution in [0.15, 0.2) is 23.2 Å². The maximum absolute atomic E-state index is 13.6. The van der Waals surface area contributed by atoms with Crippen molar-refractivity contribution in [1.29, 1.82) is 0 Å². The number of hydrogen-bond acceptors (Lipinski definition) is 2. The number of rotatable bonds is 5. The lowest BCUT2D eigenvalue weighted by atomic mass is 9.95. The van der Waals surface area contributed by atoms with Gasteiger partial charge in [-0.1, -0.05) is 13.0 Å². The second-order valence-corrected chi connectivity index (χ2v) is 5.05. The van der Waals surface area contributed by atoms with Gasteiger partial charge in [-0.2, -0.15) is 0 Å². The number of halogens is 2. The first kappa shape index (κ1) is 16.4. The molecule has 1 rings (SSSR count). The molecule has 0 aliphatic heterocycles. The molecule has 0 bridgehead atoms. The summed E-state index contributed by atoms with van der Waals surface area (Å²) < 4.78 is 26.5. The van der Waals surface area contributed by atoms with Crippen molar-refractivity contribution >= 4 is 5.96 Å². The Hall–Kier alpha value is -1.69. The molecule has 0 radical (unpaired) electrons. The molecule has 1 aromatic rings. The van der Waals surface area contributed by atoms with Gasteiger partial charge in [-0.05, 0) is 26.3 Å². The predicted molar refractivity (Wildman–Crippen MR) is 75.3 cm³/mol. The predicted octanol–water partition coefficient (Wildman–Crippen LogP) is 1.88. The highest BCUT2D eigenvalue weighted by molar-refractivity contribution is 5.78. The smallest absolute Gasteiger partial charge is 0.188 e. The molecule has 4 nitrogen and oxygen atoms in total. The third-order valence-electron chi connectivity index (χ3n) is 3.08. The lowest BCUT2D eigenvalue weighted by Crippen LogP contribution is -2.39. The molecule has 112 valence electrons. The van der Waals surface area contributed by atoms with Crippen LogP contribution in [0.2, 0.25) is 0 Å². The van der Waals surface area contributed by atoms with Gasteiger partial charge in [0.05, 0.1) is 6.54 Å². The van der Waals surface area contributed by atoms with Gasteiger partial charge >= 0.3 is 0 Å². The van der Waals surface area contributed by atoms with Crippen molar-refractivity contribution in [3.05, 3.63) is 35.4 Å². The van der Waals surface area contributed by atoms with Crippen LogP contribution in [0.5, 0.6) is 0 Å². The van der Waals surface area contributed by atoms with Gasteiger partial charge in [0.2, 0.25) is 0 Å². The highest BCUT2D eigenvalue weighted by Gasteiger charge is 2.26. The minimum atomic E-state index is -1.56. The van der Waals surface area contributed by atoms with Gasteiger partial charge in [-0.3, -0.25) is 4.99 Å². The van der Waals surface area contributed by atoms with Crippen LogP contribution in [0.4, 0.5) is 8.78 Å². The van der Waals surface area contributed by atoms with Crippen LogP contribution in [0, 0.1) is 11.6 Å². The first-order valence-corrected chi connectivity index (χ1v) is 6.50. The Morgan fingerprint density at radius 3 is 2.70 bits per heavy atom. The highest BCUT2D eigenvalue weighted by atomic mass is 19.1. The van der Waals surface area contributed by atoms with Gasteiger partial charge < -0.3 is 16.2 Å². The molecule has 0 spiro atoms. The molecule has 0 saturated heterocycles. The number of aliphatic hydroxyl groups is 1. The third kappa shape index (κ3) is 4.45. The number of nitrogens with zero attached hydrogens (tertiary/aromatic N) is 1. The summed E-state index contributed by atoms with van der Waals surface area (Å²) >= 11 is 0. The lowest BCUT2D eigenvalue weighted by Gasteiger charge is -2.23. The van der Waals surface area contributed by atoms with Crippen molar-refractivity contribution in [2.24, 2.45) is 10.7 Å². The third-order valence-corrected chi connectivity index (χ3v) is 3.08. The number of nitrogens with one attached hydrogen (secondary N) is 1. The molecule has 2 atom stereocenters. The molecule has 0 aromatic heterocycles. The van der Waals surface area contributed by atoms with E-state index in [0.29, 0.717) is 0 Å². The minimum absolute atomic E-state index is 0.0148. The molecule has 2 unspecified atom stereocenters. The standard InChI is InChI=1S/C14H21F2N3O/c1-4-9(2)19-13(17)18-8-14(3,20)11-6-5-10(15)7-12(11)16/h5-7,9,20H,4,8H2,1-3H3,(H3,17,18,19). The molecule has 1 aromatic carbocycles. The first-order valence-electron chi connectivity index (χ1n) is 6.50. The molecule has 4 N–H and O–H groups in total. The molecule has 0 fully saturated rings. The Morgan fingerprint density at radius 1 is 1.50 bits per heavy atom. The van der Waals surface area contributed by atoms with Gasteiger partial charge in [0.25, 0.3) is 0 Å². The molecule has 0 saturated carbocycles. The Balaban J connectivity index is 2.81. The molecule has 6 heteroatoms. The van der Waals surface area contributed by atoms with Crippen molar-refractivity contribution in [1.82, 2.24) is 5.32 Å². The molecule has 0 heterocycles. The summed E-state index contributed by atoms with van der Waals surface area (Å²) in [4.78, 5) is 4.00. The Kier molecular flexibility index (Phi) is 5.44. The SMILES string of the molecule is CCC(C)NC(N)=NCC(C)(O)c1ccc(F)cc1F. The van der Waals surface area contributed by atoms with Crippen molar-refractivity contribution in [2.45, 2.75) is 38.8 Å². The largest absolute Gasteiger partial charge is 0.383 e. The number of aliphatic imine (C=N–C) groups is 1. The molecule has 0 amide bonds. The molecular formula is C14H21F2N3O. The normalized spacial score (nSPS) is 16.6. The fraction of sp³-hybridized carbons (Fsp3) is 0.500. The van der Waals surface area contributed by atoms with Crippen LogP contribution >= 0.6 is 0 Å². The van der Waals surface area contributed by atoms with E-state index in [9.17, 15) is 13.9 Å². The number of hydrogen-bond donors (Lipinski definition) is 3. The van der Waals surface area contributed by atoms with Crippen molar-refractivity contribution in [2.75, 3.05) is 6.54 Å². The Bertz CT molecular complexity index is 489.